The Morgan fingerprint density at radius 2 is 2.12 bits per heavy atom. The summed E-state index contributed by atoms with van der Waals surface area (Å²) in [7, 11) is 0. The van der Waals surface area contributed by atoms with E-state index in [0.717, 1.165) is 25.0 Å². The monoisotopic (exact) mass is 219 g/mol. The molecule has 2 heteroatoms. The molecule has 1 saturated carbocycles. The second-order valence-electron chi connectivity index (χ2n) is 5.04. The van der Waals surface area contributed by atoms with Crippen molar-refractivity contribution < 1.29 is 4.74 Å². The normalized spacial score (nSPS) is 25.0. The maximum atomic E-state index is 5.96. The van der Waals surface area contributed by atoms with Gasteiger partial charge in [0, 0.05) is 6.04 Å². The summed E-state index contributed by atoms with van der Waals surface area (Å²) in [6.45, 7) is 4.40. The van der Waals surface area contributed by atoms with Crippen LogP contribution in [0.1, 0.15) is 44.6 Å². The largest absolute Gasteiger partial charge is 0.490 e. The first-order valence-electron chi connectivity index (χ1n) is 6.17. The first-order chi connectivity index (χ1) is 7.65. The van der Waals surface area contributed by atoms with Gasteiger partial charge in [-0.25, -0.2) is 0 Å². The van der Waals surface area contributed by atoms with Gasteiger partial charge in [0.2, 0.25) is 0 Å². The molecule has 16 heavy (non-hydrogen) atoms. The summed E-state index contributed by atoms with van der Waals surface area (Å²) in [5, 5.41) is 0. The van der Waals surface area contributed by atoms with Crippen molar-refractivity contribution in [1.82, 2.24) is 0 Å². The van der Waals surface area contributed by atoms with Crippen molar-refractivity contribution in [3.05, 3.63) is 29.8 Å². The first-order valence-corrected chi connectivity index (χ1v) is 6.17. The van der Waals surface area contributed by atoms with Crippen molar-refractivity contribution in [1.29, 1.82) is 0 Å². The number of benzene rings is 1. The lowest BCUT2D eigenvalue weighted by molar-refractivity contribution is 0.208. The lowest BCUT2D eigenvalue weighted by Gasteiger charge is -2.15. The molecule has 0 bridgehead atoms. The minimum Gasteiger partial charge on any atom is -0.490 e. The number of nitrogens with two attached hydrogens (primary N) is 1. The molecule has 1 fully saturated rings. The number of hydrogen-bond acceptors (Lipinski definition) is 2. The van der Waals surface area contributed by atoms with Crippen molar-refractivity contribution in [3.8, 4) is 5.75 Å². The first kappa shape index (κ1) is 11.5. The molecule has 1 aromatic rings. The quantitative estimate of drug-likeness (QED) is 0.848. The van der Waals surface area contributed by atoms with Crippen LogP contribution >= 0.6 is 0 Å². The minimum absolute atomic E-state index is 0.317. The molecular formula is C14H21NO. The van der Waals surface area contributed by atoms with E-state index in [9.17, 15) is 0 Å². The van der Waals surface area contributed by atoms with E-state index in [0.29, 0.717) is 18.1 Å². The van der Waals surface area contributed by atoms with Crippen LogP contribution in [-0.4, -0.2) is 12.1 Å². The van der Waals surface area contributed by atoms with Crippen LogP contribution in [0.15, 0.2) is 24.3 Å². The molecule has 0 aromatic heterocycles. The average molecular weight is 219 g/mol. The third-order valence-corrected chi connectivity index (χ3v) is 3.25. The lowest BCUT2D eigenvalue weighted by Crippen LogP contribution is -2.19. The summed E-state index contributed by atoms with van der Waals surface area (Å²) in [5.74, 6) is 1.54. The highest BCUT2D eigenvalue weighted by molar-refractivity contribution is 5.30. The molecule has 1 aliphatic rings. The Morgan fingerprint density at radius 1 is 1.31 bits per heavy atom. The van der Waals surface area contributed by atoms with E-state index in [1.54, 1.807) is 0 Å². The molecule has 2 nitrogen and oxygen atoms in total. The Hall–Kier alpha value is -1.02. The zero-order valence-corrected chi connectivity index (χ0v) is 10.1. The highest BCUT2D eigenvalue weighted by Crippen LogP contribution is 2.26. The van der Waals surface area contributed by atoms with Crippen LogP contribution in [-0.2, 0) is 0 Å². The molecule has 2 atom stereocenters. The standard InChI is InChI=1S/C14H21NO/c1-10(2)11-4-3-5-13(8-11)16-14-7-6-12(15)9-14/h3-5,8,10,12,14H,6-7,9,15H2,1-2H3. The molecule has 0 aliphatic heterocycles. The van der Waals surface area contributed by atoms with Crippen LogP contribution in [0.5, 0.6) is 5.75 Å². The van der Waals surface area contributed by atoms with Gasteiger partial charge >= 0.3 is 0 Å². The molecule has 88 valence electrons. The van der Waals surface area contributed by atoms with Crippen molar-refractivity contribution in [2.24, 2.45) is 5.73 Å². The van der Waals surface area contributed by atoms with Gasteiger partial charge in [0.05, 0.1) is 0 Å². The van der Waals surface area contributed by atoms with E-state index in [-0.39, 0.29) is 0 Å². The average Bonchev–Trinajstić information content (AvgIpc) is 2.64. The van der Waals surface area contributed by atoms with Crippen LogP contribution in [0.2, 0.25) is 0 Å². The second-order valence-corrected chi connectivity index (χ2v) is 5.04. The van der Waals surface area contributed by atoms with Crippen molar-refractivity contribution in [2.45, 2.75) is 51.2 Å². The Kier molecular flexibility index (Phi) is 3.49. The van der Waals surface area contributed by atoms with Crippen molar-refractivity contribution in [3.63, 3.8) is 0 Å². The van der Waals surface area contributed by atoms with Crippen LogP contribution < -0.4 is 10.5 Å². The van der Waals surface area contributed by atoms with Gasteiger partial charge in [-0.05, 0) is 42.9 Å². The fourth-order valence-electron chi connectivity index (χ4n) is 2.22. The molecule has 2 unspecified atom stereocenters. The topological polar surface area (TPSA) is 35.2 Å². The maximum Gasteiger partial charge on any atom is 0.120 e. The molecule has 0 saturated heterocycles. The molecule has 0 spiro atoms. The van der Waals surface area contributed by atoms with Gasteiger partial charge in [-0.2, -0.15) is 0 Å². The predicted molar refractivity (Wildman–Crippen MR) is 66.8 cm³/mol. The summed E-state index contributed by atoms with van der Waals surface area (Å²) in [5.41, 5.74) is 7.21. The van der Waals surface area contributed by atoms with Crippen LogP contribution in [0.25, 0.3) is 0 Å². The van der Waals surface area contributed by atoms with E-state index >= 15 is 0 Å². The SMILES string of the molecule is CC(C)c1cccc(OC2CCC(N)C2)c1. The maximum absolute atomic E-state index is 5.96. The van der Waals surface area contributed by atoms with Crippen LogP contribution in [0.3, 0.4) is 0 Å². The van der Waals surface area contributed by atoms with Gasteiger partial charge in [0.15, 0.2) is 0 Å². The molecule has 2 N–H and O–H groups in total. The molecule has 0 heterocycles. The Labute approximate surface area is 97.8 Å². The molecule has 0 amide bonds. The van der Waals surface area contributed by atoms with Crippen molar-refractivity contribution >= 4 is 0 Å². The predicted octanol–water partition coefficient (Wildman–Crippen LogP) is 3.07. The van der Waals surface area contributed by atoms with Gasteiger partial charge in [-0.1, -0.05) is 26.0 Å². The minimum atomic E-state index is 0.317. The van der Waals surface area contributed by atoms with E-state index in [1.165, 1.54) is 5.56 Å². The van der Waals surface area contributed by atoms with Gasteiger partial charge in [0.25, 0.3) is 0 Å². The molecule has 2 rings (SSSR count). The fraction of sp³-hybridized carbons (Fsp3) is 0.571. The van der Waals surface area contributed by atoms with E-state index in [1.807, 2.05) is 6.07 Å². The smallest absolute Gasteiger partial charge is 0.120 e. The van der Waals surface area contributed by atoms with Gasteiger partial charge in [-0.15, -0.1) is 0 Å². The Balaban J connectivity index is 2.01. The lowest BCUT2D eigenvalue weighted by atomic mass is 10.0. The summed E-state index contributed by atoms with van der Waals surface area (Å²) >= 11 is 0. The highest BCUT2D eigenvalue weighted by atomic mass is 16.5. The van der Waals surface area contributed by atoms with Gasteiger partial charge in [0.1, 0.15) is 11.9 Å². The Morgan fingerprint density at radius 3 is 2.75 bits per heavy atom. The number of hydrogen-bond donors (Lipinski definition) is 1. The summed E-state index contributed by atoms with van der Waals surface area (Å²) < 4.78 is 5.96. The highest BCUT2D eigenvalue weighted by Gasteiger charge is 2.23. The van der Waals surface area contributed by atoms with E-state index in [2.05, 4.69) is 32.0 Å². The van der Waals surface area contributed by atoms with Crippen LogP contribution in [0.4, 0.5) is 0 Å². The van der Waals surface area contributed by atoms with Crippen LogP contribution in [0, 0.1) is 0 Å². The summed E-state index contributed by atoms with van der Waals surface area (Å²) in [6.07, 6.45) is 3.49. The Bertz CT molecular complexity index is 348. The van der Waals surface area contributed by atoms with Crippen molar-refractivity contribution in [2.75, 3.05) is 0 Å². The third-order valence-electron chi connectivity index (χ3n) is 3.25. The summed E-state index contributed by atoms with van der Waals surface area (Å²) in [6, 6.07) is 8.74. The number of rotatable bonds is 3. The zero-order chi connectivity index (χ0) is 11.5. The summed E-state index contributed by atoms with van der Waals surface area (Å²) in [4.78, 5) is 0. The zero-order valence-electron chi connectivity index (χ0n) is 10.1. The molecule has 1 aliphatic carbocycles. The second kappa shape index (κ2) is 4.88. The fourth-order valence-corrected chi connectivity index (χ4v) is 2.22. The van der Waals surface area contributed by atoms with E-state index in [4.69, 9.17) is 10.5 Å². The molecule has 0 radical (unpaired) electrons. The molecule has 1 aromatic carbocycles. The van der Waals surface area contributed by atoms with Gasteiger partial charge in [-0.3, -0.25) is 0 Å². The number of ether oxygens (including phenoxy) is 1. The van der Waals surface area contributed by atoms with E-state index < -0.39 is 0 Å². The third kappa shape index (κ3) is 2.76. The van der Waals surface area contributed by atoms with Gasteiger partial charge < -0.3 is 10.5 Å². The molecular weight excluding hydrogens is 198 g/mol.